The van der Waals surface area contributed by atoms with Crippen LogP contribution in [-0.2, 0) is 0 Å². The SMILES string of the molecule is Oc1ccccc1/C=N\C/N=C/c1ccccc1O. The molecule has 0 saturated heterocycles. The minimum Gasteiger partial charge on any atom is -0.507 e. The lowest BCUT2D eigenvalue weighted by Crippen LogP contribution is -1.85. The van der Waals surface area contributed by atoms with Gasteiger partial charge in [-0.1, -0.05) is 24.3 Å². The Balaban J connectivity index is 1.94. The molecule has 96 valence electrons. The maximum absolute atomic E-state index is 9.52. The molecule has 4 nitrogen and oxygen atoms in total. The molecule has 0 saturated carbocycles. The largest absolute Gasteiger partial charge is 0.507 e. The normalized spacial score (nSPS) is 11.4. The highest BCUT2D eigenvalue weighted by Crippen LogP contribution is 2.13. The number of para-hydroxylation sites is 2. The zero-order chi connectivity index (χ0) is 13.5. The van der Waals surface area contributed by atoms with E-state index < -0.39 is 0 Å². The number of rotatable bonds is 4. The number of benzene rings is 2. The van der Waals surface area contributed by atoms with Crippen molar-refractivity contribution < 1.29 is 10.2 Å². The monoisotopic (exact) mass is 254 g/mol. The molecule has 0 aliphatic rings. The van der Waals surface area contributed by atoms with Crippen molar-refractivity contribution in [2.45, 2.75) is 0 Å². The Bertz CT molecular complexity index is 553. The quantitative estimate of drug-likeness (QED) is 0.824. The number of hydrogen-bond acceptors (Lipinski definition) is 4. The van der Waals surface area contributed by atoms with Crippen molar-refractivity contribution >= 4 is 12.4 Å². The molecule has 0 aliphatic carbocycles. The van der Waals surface area contributed by atoms with E-state index in [0.717, 1.165) is 0 Å². The molecule has 0 bridgehead atoms. The van der Waals surface area contributed by atoms with Crippen molar-refractivity contribution in [3.8, 4) is 11.5 Å². The predicted octanol–water partition coefficient (Wildman–Crippen LogP) is 2.59. The Labute approximate surface area is 111 Å². The van der Waals surface area contributed by atoms with E-state index in [0.29, 0.717) is 11.1 Å². The third-order valence-electron chi connectivity index (χ3n) is 2.50. The molecule has 0 fully saturated rings. The lowest BCUT2D eigenvalue weighted by Gasteiger charge is -1.96. The molecule has 0 unspecified atom stereocenters. The van der Waals surface area contributed by atoms with Crippen molar-refractivity contribution in [1.29, 1.82) is 0 Å². The average molecular weight is 254 g/mol. The Hall–Kier alpha value is -2.62. The second kappa shape index (κ2) is 6.35. The fourth-order valence-electron chi connectivity index (χ4n) is 1.52. The molecule has 2 aromatic carbocycles. The summed E-state index contributed by atoms with van der Waals surface area (Å²) in [5.74, 6) is 0.381. The van der Waals surface area contributed by atoms with Crippen LogP contribution in [0.2, 0.25) is 0 Å². The molecule has 2 aromatic rings. The molecule has 4 heteroatoms. The Kier molecular flexibility index (Phi) is 4.29. The summed E-state index contributed by atoms with van der Waals surface area (Å²) in [4.78, 5) is 8.17. The molecule has 0 spiro atoms. The van der Waals surface area contributed by atoms with Crippen LogP contribution in [0.4, 0.5) is 0 Å². The van der Waals surface area contributed by atoms with Gasteiger partial charge in [-0.15, -0.1) is 0 Å². The van der Waals surface area contributed by atoms with Gasteiger partial charge in [0, 0.05) is 23.6 Å². The van der Waals surface area contributed by atoms with Crippen molar-refractivity contribution in [3.05, 3.63) is 59.7 Å². The Morgan fingerprint density at radius 3 is 1.58 bits per heavy atom. The molecule has 2 N–H and O–H groups in total. The first-order valence-electron chi connectivity index (χ1n) is 5.83. The zero-order valence-corrected chi connectivity index (χ0v) is 10.3. The van der Waals surface area contributed by atoms with Gasteiger partial charge >= 0.3 is 0 Å². The first-order chi connectivity index (χ1) is 9.27. The number of aliphatic imine (C=N–C) groups is 2. The maximum Gasteiger partial charge on any atom is 0.129 e. The van der Waals surface area contributed by atoms with E-state index in [4.69, 9.17) is 0 Å². The van der Waals surface area contributed by atoms with Crippen molar-refractivity contribution in [2.24, 2.45) is 9.98 Å². The van der Waals surface area contributed by atoms with E-state index in [2.05, 4.69) is 9.98 Å². The predicted molar refractivity (Wildman–Crippen MR) is 76.3 cm³/mol. The lowest BCUT2D eigenvalue weighted by molar-refractivity contribution is 0.474. The van der Waals surface area contributed by atoms with Gasteiger partial charge in [0.05, 0.1) is 0 Å². The van der Waals surface area contributed by atoms with Crippen LogP contribution < -0.4 is 0 Å². The fourth-order valence-corrected chi connectivity index (χ4v) is 1.52. The molecular formula is C15H14N2O2. The van der Waals surface area contributed by atoms with E-state index in [1.54, 1.807) is 48.8 Å². The van der Waals surface area contributed by atoms with Gasteiger partial charge in [0.25, 0.3) is 0 Å². The minimum atomic E-state index is 0.191. The molecular weight excluding hydrogens is 240 g/mol. The van der Waals surface area contributed by atoms with Crippen LogP contribution in [0.25, 0.3) is 0 Å². The average Bonchev–Trinajstić information content (AvgIpc) is 2.42. The highest BCUT2D eigenvalue weighted by atomic mass is 16.3. The Morgan fingerprint density at radius 1 is 0.737 bits per heavy atom. The van der Waals surface area contributed by atoms with Crippen LogP contribution in [0.3, 0.4) is 0 Å². The Morgan fingerprint density at radius 2 is 1.16 bits per heavy atom. The summed E-state index contributed by atoms with van der Waals surface area (Å²) < 4.78 is 0. The topological polar surface area (TPSA) is 65.2 Å². The van der Waals surface area contributed by atoms with Gasteiger partial charge in [0.1, 0.15) is 18.2 Å². The first kappa shape index (κ1) is 12.8. The van der Waals surface area contributed by atoms with Gasteiger partial charge < -0.3 is 10.2 Å². The molecule has 0 heterocycles. The van der Waals surface area contributed by atoms with Gasteiger partial charge in [-0.2, -0.15) is 0 Å². The van der Waals surface area contributed by atoms with Gasteiger partial charge in [0.15, 0.2) is 0 Å². The number of hydrogen-bond donors (Lipinski definition) is 2. The summed E-state index contributed by atoms with van der Waals surface area (Å²) in [7, 11) is 0. The van der Waals surface area contributed by atoms with E-state index in [9.17, 15) is 10.2 Å². The molecule has 0 aromatic heterocycles. The van der Waals surface area contributed by atoms with Crippen molar-refractivity contribution in [1.82, 2.24) is 0 Å². The minimum absolute atomic E-state index is 0.191. The maximum atomic E-state index is 9.52. The zero-order valence-electron chi connectivity index (χ0n) is 10.3. The number of phenolic OH excluding ortho intramolecular Hbond substituents is 2. The third kappa shape index (κ3) is 3.67. The molecule has 0 radical (unpaired) electrons. The van der Waals surface area contributed by atoms with Gasteiger partial charge in [-0.25, -0.2) is 0 Å². The summed E-state index contributed by atoms with van der Waals surface area (Å²) in [5, 5.41) is 19.0. The highest BCUT2D eigenvalue weighted by molar-refractivity contribution is 5.84. The lowest BCUT2D eigenvalue weighted by atomic mass is 10.2. The molecule has 0 aliphatic heterocycles. The second-order valence-electron chi connectivity index (χ2n) is 3.88. The summed E-state index contributed by atoms with van der Waals surface area (Å²) in [5.41, 5.74) is 1.31. The molecule has 19 heavy (non-hydrogen) atoms. The van der Waals surface area contributed by atoms with E-state index in [-0.39, 0.29) is 18.2 Å². The van der Waals surface area contributed by atoms with Gasteiger partial charge in [0.2, 0.25) is 0 Å². The van der Waals surface area contributed by atoms with Crippen LogP contribution in [0.1, 0.15) is 11.1 Å². The fraction of sp³-hybridized carbons (Fsp3) is 0.0667. The number of nitrogens with zero attached hydrogens (tertiary/aromatic N) is 2. The smallest absolute Gasteiger partial charge is 0.129 e. The van der Waals surface area contributed by atoms with E-state index >= 15 is 0 Å². The molecule has 0 amide bonds. The second-order valence-corrected chi connectivity index (χ2v) is 3.88. The van der Waals surface area contributed by atoms with Crippen molar-refractivity contribution in [3.63, 3.8) is 0 Å². The van der Waals surface area contributed by atoms with E-state index in [1.807, 2.05) is 12.1 Å². The third-order valence-corrected chi connectivity index (χ3v) is 2.50. The summed E-state index contributed by atoms with van der Waals surface area (Å²) in [6.45, 7) is 0.239. The van der Waals surface area contributed by atoms with E-state index in [1.165, 1.54) is 0 Å². The van der Waals surface area contributed by atoms with Crippen LogP contribution in [-0.4, -0.2) is 29.3 Å². The first-order valence-corrected chi connectivity index (χ1v) is 5.83. The van der Waals surface area contributed by atoms with Gasteiger partial charge in [-0.05, 0) is 24.3 Å². The van der Waals surface area contributed by atoms with Crippen LogP contribution in [0, 0.1) is 0 Å². The van der Waals surface area contributed by atoms with Crippen LogP contribution in [0.5, 0.6) is 11.5 Å². The standard InChI is InChI=1S/C15H14N2O2/c18-14-7-3-1-5-12(14)9-16-11-17-10-13-6-2-4-8-15(13)19/h1-10,18-19H,11H2/b16-9-,17-10+. The summed E-state index contributed by atoms with van der Waals surface area (Å²) in [6.07, 6.45) is 3.13. The van der Waals surface area contributed by atoms with Crippen LogP contribution in [0.15, 0.2) is 58.5 Å². The molecule has 0 atom stereocenters. The van der Waals surface area contributed by atoms with Gasteiger partial charge in [-0.3, -0.25) is 9.98 Å². The summed E-state index contributed by atoms with van der Waals surface area (Å²) >= 11 is 0. The van der Waals surface area contributed by atoms with Crippen LogP contribution >= 0.6 is 0 Å². The summed E-state index contributed by atoms with van der Waals surface area (Å²) in [6, 6.07) is 13.9. The number of aromatic hydroxyl groups is 2. The van der Waals surface area contributed by atoms with Crippen molar-refractivity contribution in [2.75, 3.05) is 6.67 Å². The number of phenols is 2. The molecule has 2 rings (SSSR count). The highest BCUT2D eigenvalue weighted by Gasteiger charge is 1.94.